The average molecular weight is 524 g/mol. The van der Waals surface area contributed by atoms with Crippen LogP contribution >= 0.6 is 0 Å². The summed E-state index contributed by atoms with van der Waals surface area (Å²) in [6.45, 7) is 0.156. The van der Waals surface area contributed by atoms with Crippen LogP contribution in [0.15, 0.2) is 71.6 Å². The van der Waals surface area contributed by atoms with Gasteiger partial charge in [0.2, 0.25) is 5.91 Å². The van der Waals surface area contributed by atoms with E-state index < -0.39 is 21.4 Å². The lowest BCUT2D eigenvalue weighted by molar-refractivity contribution is -0.116. The second-order valence-electron chi connectivity index (χ2n) is 8.59. The zero-order chi connectivity index (χ0) is 26.6. The number of halogens is 1. The van der Waals surface area contributed by atoms with Gasteiger partial charge in [0.25, 0.3) is 0 Å². The molecule has 3 aromatic carbocycles. The molecular weight excluding hydrogens is 497 g/mol. The highest BCUT2D eigenvalue weighted by Crippen LogP contribution is 2.28. The smallest absolute Gasteiger partial charge is 0.238 e. The van der Waals surface area contributed by atoms with E-state index in [2.05, 4.69) is 20.6 Å². The lowest BCUT2D eigenvalue weighted by atomic mass is 10.2. The van der Waals surface area contributed by atoms with E-state index in [4.69, 9.17) is 4.74 Å². The molecule has 2 N–H and O–H groups in total. The SMILES string of the molecule is COc1cc(F)cc(Nc2nc3ccccc3nc2CS(=O)(=O)c2cccc(NC(=O)CN(C)C)c2)c1. The van der Waals surface area contributed by atoms with Gasteiger partial charge in [-0.25, -0.2) is 22.8 Å². The molecule has 0 radical (unpaired) electrons. The monoisotopic (exact) mass is 523 g/mol. The first-order valence-electron chi connectivity index (χ1n) is 11.3. The number of carbonyl (C=O) groups is 1. The highest BCUT2D eigenvalue weighted by molar-refractivity contribution is 7.90. The minimum atomic E-state index is -3.90. The normalized spacial score (nSPS) is 11.5. The van der Waals surface area contributed by atoms with Crippen molar-refractivity contribution in [3.8, 4) is 5.75 Å². The van der Waals surface area contributed by atoms with Crippen LogP contribution in [0.25, 0.3) is 11.0 Å². The van der Waals surface area contributed by atoms with E-state index in [1.807, 2.05) is 0 Å². The molecule has 0 aliphatic heterocycles. The number of carbonyl (C=O) groups excluding carboxylic acids is 1. The third kappa shape index (κ3) is 6.57. The number of sulfone groups is 1. The van der Waals surface area contributed by atoms with Crippen molar-refractivity contribution in [1.82, 2.24) is 14.9 Å². The number of methoxy groups -OCH3 is 1. The maximum Gasteiger partial charge on any atom is 0.238 e. The molecule has 0 fully saturated rings. The molecule has 0 atom stereocenters. The summed E-state index contributed by atoms with van der Waals surface area (Å²) in [6, 6.07) is 17.1. The lowest BCUT2D eigenvalue weighted by Crippen LogP contribution is -2.27. The fourth-order valence-corrected chi connectivity index (χ4v) is 4.97. The van der Waals surface area contributed by atoms with Gasteiger partial charge in [0.15, 0.2) is 15.7 Å². The molecule has 0 aliphatic rings. The van der Waals surface area contributed by atoms with Gasteiger partial charge in [0.05, 0.1) is 35.3 Å². The number of anilines is 3. The number of nitrogens with one attached hydrogen (secondary N) is 2. The van der Waals surface area contributed by atoms with Crippen molar-refractivity contribution in [3.63, 3.8) is 0 Å². The van der Waals surface area contributed by atoms with Crippen molar-refractivity contribution in [3.05, 3.63) is 78.2 Å². The van der Waals surface area contributed by atoms with E-state index in [0.29, 0.717) is 28.2 Å². The van der Waals surface area contributed by atoms with Crippen LogP contribution in [0.4, 0.5) is 21.6 Å². The highest BCUT2D eigenvalue weighted by Gasteiger charge is 2.21. The number of rotatable bonds is 9. The third-order valence-electron chi connectivity index (χ3n) is 5.28. The summed E-state index contributed by atoms with van der Waals surface area (Å²) in [5.74, 6) is -0.812. The Morgan fingerprint density at radius 1 is 0.973 bits per heavy atom. The van der Waals surface area contributed by atoms with Crippen LogP contribution in [-0.4, -0.2) is 56.9 Å². The molecule has 0 saturated heterocycles. The summed E-state index contributed by atoms with van der Waals surface area (Å²) in [4.78, 5) is 22.9. The zero-order valence-electron chi connectivity index (χ0n) is 20.5. The Bertz CT molecular complexity index is 1560. The molecule has 11 heteroatoms. The maximum absolute atomic E-state index is 14.1. The quantitative estimate of drug-likeness (QED) is 0.339. The average Bonchev–Trinajstić information content (AvgIpc) is 2.83. The van der Waals surface area contributed by atoms with Gasteiger partial charge in [-0.15, -0.1) is 0 Å². The third-order valence-corrected chi connectivity index (χ3v) is 6.90. The van der Waals surface area contributed by atoms with Gasteiger partial charge in [0, 0.05) is 23.5 Å². The Hall–Kier alpha value is -4.09. The molecule has 1 amide bonds. The number of ether oxygens (including phenoxy) is 1. The van der Waals surface area contributed by atoms with Crippen molar-refractivity contribution in [2.45, 2.75) is 10.6 Å². The van der Waals surface area contributed by atoms with Gasteiger partial charge in [-0.2, -0.15) is 0 Å². The molecular formula is C26H26FN5O4S. The van der Waals surface area contributed by atoms with Crippen molar-refractivity contribution in [2.24, 2.45) is 0 Å². The number of aromatic nitrogens is 2. The van der Waals surface area contributed by atoms with E-state index >= 15 is 0 Å². The maximum atomic E-state index is 14.1. The first kappa shape index (κ1) is 26.0. The fraction of sp³-hybridized carbons (Fsp3) is 0.192. The van der Waals surface area contributed by atoms with Crippen LogP contribution < -0.4 is 15.4 Å². The molecule has 0 spiro atoms. The summed E-state index contributed by atoms with van der Waals surface area (Å²) >= 11 is 0. The molecule has 192 valence electrons. The standard InChI is InChI=1S/C26H26FN5O4S/c1-32(2)15-25(33)28-18-7-6-8-21(14-18)37(34,35)16-24-26(31-23-10-5-4-9-22(23)30-24)29-19-11-17(27)12-20(13-19)36-3/h4-14H,15-16H2,1-3H3,(H,28,33)(H,29,31). The number of fused-ring (bicyclic) bond motifs is 1. The van der Waals surface area contributed by atoms with E-state index in [1.54, 1.807) is 61.5 Å². The topological polar surface area (TPSA) is 114 Å². The lowest BCUT2D eigenvalue weighted by Gasteiger charge is -2.14. The minimum Gasteiger partial charge on any atom is -0.497 e. The van der Waals surface area contributed by atoms with Crippen LogP contribution in [-0.2, 0) is 20.4 Å². The van der Waals surface area contributed by atoms with E-state index in [1.165, 1.54) is 31.4 Å². The van der Waals surface area contributed by atoms with Crippen LogP contribution in [0.3, 0.4) is 0 Å². The molecule has 37 heavy (non-hydrogen) atoms. The van der Waals surface area contributed by atoms with E-state index in [-0.39, 0.29) is 28.9 Å². The van der Waals surface area contributed by atoms with Crippen molar-refractivity contribution < 1.29 is 22.3 Å². The Kier molecular flexibility index (Phi) is 7.65. The van der Waals surface area contributed by atoms with Crippen LogP contribution in [0.2, 0.25) is 0 Å². The largest absolute Gasteiger partial charge is 0.497 e. The molecule has 0 aliphatic carbocycles. The molecule has 0 unspecified atom stereocenters. The van der Waals surface area contributed by atoms with Gasteiger partial charge < -0.3 is 20.3 Å². The Morgan fingerprint density at radius 2 is 1.70 bits per heavy atom. The predicted molar refractivity (Wildman–Crippen MR) is 140 cm³/mol. The van der Waals surface area contributed by atoms with E-state index in [9.17, 15) is 17.6 Å². The van der Waals surface area contributed by atoms with Gasteiger partial charge in [0.1, 0.15) is 17.3 Å². The number of benzene rings is 3. The van der Waals surface area contributed by atoms with Gasteiger partial charge in [-0.05, 0) is 50.5 Å². The number of likely N-dealkylation sites (N-methyl/N-ethyl adjacent to an activating group) is 1. The number of hydrogen-bond donors (Lipinski definition) is 2. The summed E-state index contributed by atoms with van der Waals surface area (Å²) in [7, 11) is 1.04. The molecule has 0 saturated carbocycles. The van der Waals surface area contributed by atoms with Crippen molar-refractivity contribution >= 4 is 44.0 Å². The Labute approximate surface area is 214 Å². The predicted octanol–water partition coefficient (Wildman–Crippen LogP) is 4.00. The van der Waals surface area contributed by atoms with Gasteiger partial charge in [-0.3, -0.25) is 4.79 Å². The molecule has 1 heterocycles. The highest BCUT2D eigenvalue weighted by atomic mass is 32.2. The first-order chi connectivity index (χ1) is 17.6. The number of amides is 1. The van der Waals surface area contributed by atoms with E-state index in [0.717, 1.165) is 0 Å². The molecule has 9 nitrogen and oxygen atoms in total. The Balaban J connectivity index is 1.69. The van der Waals surface area contributed by atoms with Crippen LogP contribution in [0, 0.1) is 5.82 Å². The fourth-order valence-electron chi connectivity index (χ4n) is 3.65. The van der Waals surface area contributed by atoms with Crippen molar-refractivity contribution in [1.29, 1.82) is 0 Å². The number of hydrogen-bond acceptors (Lipinski definition) is 8. The summed E-state index contributed by atoms with van der Waals surface area (Å²) < 4.78 is 46.0. The first-order valence-corrected chi connectivity index (χ1v) is 12.9. The number of para-hydroxylation sites is 2. The summed E-state index contributed by atoms with van der Waals surface area (Å²) in [5.41, 5.74) is 1.90. The minimum absolute atomic E-state index is 0.0171. The summed E-state index contributed by atoms with van der Waals surface area (Å²) in [6.07, 6.45) is 0. The molecule has 0 bridgehead atoms. The zero-order valence-corrected chi connectivity index (χ0v) is 21.3. The van der Waals surface area contributed by atoms with Crippen molar-refractivity contribution in [2.75, 3.05) is 38.4 Å². The molecule has 4 rings (SSSR count). The second-order valence-corrected chi connectivity index (χ2v) is 10.6. The molecule has 1 aromatic heterocycles. The Morgan fingerprint density at radius 3 is 2.41 bits per heavy atom. The van der Waals surface area contributed by atoms with Crippen LogP contribution in [0.5, 0.6) is 5.75 Å². The molecule has 4 aromatic rings. The van der Waals surface area contributed by atoms with Gasteiger partial charge >= 0.3 is 0 Å². The summed E-state index contributed by atoms with van der Waals surface area (Å²) in [5, 5.41) is 5.69. The van der Waals surface area contributed by atoms with Gasteiger partial charge in [-0.1, -0.05) is 18.2 Å². The number of nitrogens with zero attached hydrogens (tertiary/aromatic N) is 3. The second kappa shape index (κ2) is 10.9. The van der Waals surface area contributed by atoms with Crippen LogP contribution in [0.1, 0.15) is 5.69 Å².